The van der Waals surface area contributed by atoms with Gasteiger partial charge in [0.2, 0.25) is 11.9 Å². The van der Waals surface area contributed by atoms with Gasteiger partial charge in [-0.2, -0.15) is 22.8 Å². The Kier molecular flexibility index (Phi) is 2.60. The predicted octanol–water partition coefficient (Wildman–Crippen LogP) is 1.59. The van der Waals surface area contributed by atoms with Crippen LogP contribution in [0.5, 0.6) is 0 Å². The first-order valence-electron chi connectivity index (χ1n) is 4.65. The molecule has 0 atom stereocenters. The van der Waals surface area contributed by atoms with Gasteiger partial charge in [-0.15, -0.1) is 5.10 Å². The Labute approximate surface area is 98.0 Å². The maximum Gasteiger partial charge on any atom is 0.419 e. The number of benzene rings is 1. The fourth-order valence-electron chi connectivity index (χ4n) is 1.42. The Morgan fingerprint density at radius 1 is 1.17 bits per heavy atom. The van der Waals surface area contributed by atoms with Gasteiger partial charge in [0.05, 0.1) is 5.56 Å². The Morgan fingerprint density at radius 2 is 1.83 bits per heavy atom. The maximum atomic E-state index is 13.7. The van der Waals surface area contributed by atoms with E-state index in [9.17, 15) is 17.6 Å². The van der Waals surface area contributed by atoms with Gasteiger partial charge in [0.15, 0.2) is 5.82 Å². The summed E-state index contributed by atoms with van der Waals surface area (Å²) < 4.78 is 52.0. The van der Waals surface area contributed by atoms with Crippen molar-refractivity contribution in [2.24, 2.45) is 0 Å². The number of hydrogen-bond acceptors (Lipinski definition) is 4. The zero-order valence-corrected chi connectivity index (χ0v) is 8.74. The molecule has 0 aliphatic heterocycles. The SMILES string of the molecule is Nc1nc(N)n(-c2cccc(C(F)(F)F)c2F)n1. The summed E-state index contributed by atoms with van der Waals surface area (Å²) in [7, 11) is 0. The second kappa shape index (κ2) is 3.86. The van der Waals surface area contributed by atoms with E-state index in [1.807, 2.05) is 0 Å². The predicted molar refractivity (Wildman–Crippen MR) is 55.1 cm³/mol. The number of halogens is 4. The number of nitrogens with two attached hydrogens (primary N) is 2. The first kappa shape index (κ1) is 12.1. The zero-order valence-electron chi connectivity index (χ0n) is 8.74. The summed E-state index contributed by atoms with van der Waals surface area (Å²) in [6.07, 6.45) is -4.80. The Bertz CT molecular complexity index is 589. The molecule has 0 fully saturated rings. The second-order valence-corrected chi connectivity index (χ2v) is 3.38. The first-order valence-corrected chi connectivity index (χ1v) is 4.65. The average Bonchev–Trinajstić information content (AvgIpc) is 2.56. The smallest absolute Gasteiger partial charge is 0.368 e. The Hall–Kier alpha value is -2.32. The van der Waals surface area contributed by atoms with Crippen LogP contribution in [-0.2, 0) is 6.18 Å². The highest BCUT2D eigenvalue weighted by molar-refractivity contribution is 5.44. The lowest BCUT2D eigenvalue weighted by Crippen LogP contribution is -2.12. The van der Waals surface area contributed by atoms with Crippen molar-refractivity contribution in [2.75, 3.05) is 11.5 Å². The lowest BCUT2D eigenvalue weighted by atomic mass is 10.2. The van der Waals surface area contributed by atoms with E-state index in [0.29, 0.717) is 10.7 Å². The van der Waals surface area contributed by atoms with E-state index >= 15 is 0 Å². The third-order valence-corrected chi connectivity index (χ3v) is 2.16. The molecule has 0 aliphatic carbocycles. The average molecular weight is 261 g/mol. The Balaban J connectivity index is 2.63. The van der Waals surface area contributed by atoms with Crippen LogP contribution < -0.4 is 11.5 Å². The van der Waals surface area contributed by atoms with Crippen molar-refractivity contribution in [1.29, 1.82) is 0 Å². The van der Waals surface area contributed by atoms with E-state index in [1.54, 1.807) is 0 Å². The number of anilines is 2. The molecule has 0 amide bonds. The van der Waals surface area contributed by atoms with Crippen LogP contribution >= 0.6 is 0 Å². The minimum atomic E-state index is -4.80. The van der Waals surface area contributed by atoms with Crippen molar-refractivity contribution in [3.63, 3.8) is 0 Å². The normalized spacial score (nSPS) is 11.8. The number of alkyl halides is 3. The van der Waals surface area contributed by atoms with Crippen molar-refractivity contribution < 1.29 is 17.6 Å². The summed E-state index contributed by atoms with van der Waals surface area (Å²) in [5, 5.41) is 3.52. The van der Waals surface area contributed by atoms with E-state index in [4.69, 9.17) is 11.5 Å². The lowest BCUT2D eigenvalue weighted by Gasteiger charge is -2.11. The molecule has 96 valence electrons. The fraction of sp³-hybridized carbons (Fsp3) is 0.111. The third-order valence-electron chi connectivity index (χ3n) is 2.16. The second-order valence-electron chi connectivity index (χ2n) is 3.38. The van der Waals surface area contributed by atoms with Gasteiger partial charge in [-0.25, -0.2) is 4.39 Å². The van der Waals surface area contributed by atoms with Gasteiger partial charge in [-0.05, 0) is 12.1 Å². The molecule has 0 saturated heterocycles. The summed E-state index contributed by atoms with van der Waals surface area (Å²) in [6, 6.07) is 2.75. The molecule has 4 N–H and O–H groups in total. The van der Waals surface area contributed by atoms with Gasteiger partial charge in [-0.3, -0.25) is 0 Å². The van der Waals surface area contributed by atoms with Crippen LogP contribution in [0.1, 0.15) is 5.56 Å². The van der Waals surface area contributed by atoms with Gasteiger partial charge in [-0.1, -0.05) is 6.07 Å². The van der Waals surface area contributed by atoms with Gasteiger partial charge >= 0.3 is 6.18 Å². The largest absolute Gasteiger partial charge is 0.419 e. The molecule has 5 nitrogen and oxygen atoms in total. The van der Waals surface area contributed by atoms with Crippen molar-refractivity contribution >= 4 is 11.9 Å². The van der Waals surface area contributed by atoms with Crippen molar-refractivity contribution in [3.05, 3.63) is 29.6 Å². The molecule has 0 radical (unpaired) electrons. The molecule has 1 aromatic carbocycles. The number of nitrogens with zero attached hydrogens (tertiary/aromatic N) is 3. The molecule has 2 rings (SSSR count). The van der Waals surface area contributed by atoms with Gasteiger partial charge < -0.3 is 11.5 Å². The van der Waals surface area contributed by atoms with Crippen LogP contribution in [-0.4, -0.2) is 14.8 Å². The minimum absolute atomic E-state index is 0.260. The Morgan fingerprint density at radius 3 is 2.33 bits per heavy atom. The van der Waals surface area contributed by atoms with Crippen LogP contribution in [0.25, 0.3) is 5.69 Å². The first-order chi connectivity index (χ1) is 8.30. The van der Waals surface area contributed by atoms with E-state index in [2.05, 4.69) is 10.1 Å². The highest BCUT2D eigenvalue weighted by Crippen LogP contribution is 2.33. The molecule has 0 spiro atoms. The summed E-state index contributed by atoms with van der Waals surface area (Å²) in [6.45, 7) is 0. The van der Waals surface area contributed by atoms with Crippen LogP contribution in [0.3, 0.4) is 0 Å². The number of aromatic nitrogens is 3. The zero-order chi connectivity index (χ0) is 13.5. The quantitative estimate of drug-likeness (QED) is 0.763. The van der Waals surface area contributed by atoms with Crippen molar-refractivity contribution in [1.82, 2.24) is 14.8 Å². The molecule has 0 aliphatic rings. The lowest BCUT2D eigenvalue weighted by molar-refractivity contribution is -0.140. The number of rotatable bonds is 1. The van der Waals surface area contributed by atoms with E-state index in [1.165, 1.54) is 0 Å². The summed E-state index contributed by atoms with van der Waals surface area (Å²) in [4.78, 5) is 3.48. The van der Waals surface area contributed by atoms with Gasteiger partial charge in [0.1, 0.15) is 5.69 Å². The van der Waals surface area contributed by atoms with Crippen LogP contribution in [0.4, 0.5) is 29.5 Å². The van der Waals surface area contributed by atoms with Crippen molar-refractivity contribution in [3.8, 4) is 5.69 Å². The van der Waals surface area contributed by atoms with Crippen LogP contribution in [0.15, 0.2) is 18.2 Å². The standard InChI is InChI=1S/C9H7F4N5/c10-6-4(9(11,12)13)2-1-3-5(6)18-8(15)16-7(14)17-18/h1-3H,(H4,14,15,16,17). The molecular weight excluding hydrogens is 254 g/mol. The molecule has 0 unspecified atom stereocenters. The van der Waals surface area contributed by atoms with Crippen LogP contribution in [0, 0.1) is 5.82 Å². The topological polar surface area (TPSA) is 82.7 Å². The van der Waals surface area contributed by atoms with E-state index < -0.39 is 23.2 Å². The number of hydrogen-bond donors (Lipinski definition) is 2. The summed E-state index contributed by atoms with van der Waals surface area (Å²) in [5.74, 6) is -2.04. The molecule has 1 heterocycles. The molecule has 9 heteroatoms. The van der Waals surface area contributed by atoms with Crippen LogP contribution in [0.2, 0.25) is 0 Å². The minimum Gasteiger partial charge on any atom is -0.368 e. The molecule has 2 aromatic rings. The van der Waals surface area contributed by atoms with Crippen molar-refractivity contribution in [2.45, 2.75) is 6.18 Å². The molecule has 0 bridgehead atoms. The highest BCUT2D eigenvalue weighted by atomic mass is 19.4. The van der Waals surface area contributed by atoms with Gasteiger partial charge in [0, 0.05) is 0 Å². The monoisotopic (exact) mass is 261 g/mol. The molecule has 0 saturated carbocycles. The molecule has 18 heavy (non-hydrogen) atoms. The van der Waals surface area contributed by atoms with E-state index in [0.717, 1.165) is 12.1 Å². The highest BCUT2D eigenvalue weighted by Gasteiger charge is 2.35. The summed E-state index contributed by atoms with van der Waals surface area (Å²) >= 11 is 0. The molecular formula is C9H7F4N5. The molecule has 1 aromatic heterocycles. The summed E-state index contributed by atoms with van der Waals surface area (Å²) in [5.41, 5.74) is 8.71. The fourth-order valence-corrected chi connectivity index (χ4v) is 1.42. The van der Waals surface area contributed by atoms with Gasteiger partial charge in [0.25, 0.3) is 0 Å². The number of nitrogen functional groups attached to an aromatic ring is 2. The maximum absolute atomic E-state index is 13.7. The third kappa shape index (κ3) is 1.94. The van der Waals surface area contributed by atoms with E-state index in [-0.39, 0.29) is 11.9 Å².